The van der Waals surface area contributed by atoms with Crippen LogP contribution in [-0.4, -0.2) is 23.8 Å². The van der Waals surface area contributed by atoms with Gasteiger partial charge < -0.3 is 9.84 Å². The van der Waals surface area contributed by atoms with E-state index in [1.165, 1.54) is 6.92 Å². The summed E-state index contributed by atoms with van der Waals surface area (Å²) in [6.45, 7) is 1.83. The maximum absolute atomic E-state index is 11.8. The van der Waals surface area contributed by atoms with Crippen molar-refractivity contribution >= 4 is 5.97 Å². The quantitative estimate of drug-likeness (QED) is 0.395. The minimum atomic E-state index is -1.18. The van der Waals surface area contributed by atoms with Gasteiger partial charge in [-0.15, -0.1) is 0 Å². The van der Waals surface area contributed by atoms with E-state index in [0.717, 1.165) is 0 Å². The van der Waals surface area contributed by atoms with E-state index in [2.05, 4.69) is 4.94 Å². The number of aliphatic carboxylic acids is 1. The Hall–Kier alpha value is -1.10. The van der Waals surface area contributed by atoms with Gasteiger partial charge in [-0.1, -0.05) is 0 Å². The molecule has 0 aromatic rings. The number of hydrogen-bond donors (Lipinski definition) is 1. The topological polar surface area (TPSA) is 59.1 Å². The van der Waals surface area contributed by atoms with Crippen LogP contribution in [0.15, 0.2) is 11.3 Å². The van der Waals surface area contributed by atoms with Crippen molar-refractivity contribution in [3.05, 3.63) is 11.3 Å². The largest absolute Gasteiger partial charge is 0.478 e. The van der Waals surface area contributed by atoms with Crippen LogP contribution in [0.1, 0.15) is 13.3 Å². The Kier molecular flexibility index (Phi) is 2.65. The molecular weight excluding hydrogens is 167 g/mol. The molecule has 68 valence electrons. The van der Waals surface area contributed by atoms with E-state index >= 15 is 0 Å². The lowest BCUT2D eigenvalue weighted by molar-refractivity contribution is -0.134. The van der Waals surface area contributed by atoms with Crippen LogP contribution in [0.5, 0.6) is 0 Å². The van der Waals surface area contributed by atoms with Crippen LogP contribution in [0, 0.1) is 0 Å². The summed E-state index contributed by atoms with van der Waals surface area (Å²) in [7, 11) is 0. The summed E-state index contributed by atoms with van der Waals surface area (Å²) in [5.74, 6) is -1.34. The Morgan fingerprint density at radius 1 is 1.83 bits per heavy atom. The van der Waals surface area contributed by atoms with E-state index in [9.17, 15) is 9.32 Å². The first-order valence-corrected chi connectivity index (χ1v) is 3.48. The van der Waals surface area contributed by atoms with E-state index < -0.39 is 5.97 Å². The SMILES string of the molecule is CC(C(=O)O)=C(CC1CO1)OF. The second-order valence-corrected chi connectivity index (χ2v) is 2.59. The number of epoxide rings is 1. The van der Waals surface area contributed by atoms with Gasteiger partial charge in [0.15, 0.2) is 5.76 Å². The van der Waals surface area contributed by atoms with Gasteiger partial charge >= 0.3 is 5.97 Å². The van der Waals surface area contributed by atoms with Crippen LogP contribution >= 0.6 is 0 Å². The molecule has 1 rings (SSSR count). The van der Waals surface area contributed by atoms with Crippen LogP contribution in [0.3, 0.4) is 0 Å². The molecule has 1 atom stereocenters. The number of halogens is 1. The summed E-state index contributed by atoms with van der Waals surface area (Å²) in [6.07, 6.45) is 0.110. The first-order chi connectivity index (χ1) is 5.65. The van der Waals surface area contributed by atoms with Crippen molar-refractivity contribution in [2.24, 2.45) is 0 Å². The lowest BCUT2D eigenvalue weighted by Crippen LogP contribution is -2.03. The van der Waals surface area contributed by atoms with Crippen molar-refractivity contribution in [2.45, 2.75) is 19.4 Å². The van der Waals surface area contributed by atoms with Gasteiger partial charge in [0.05, 0.1) is 18.3 Å². The van der Waals surface area contributed by atoms with Crippen molar-refractivity contribution < 1.29 is 24.1 Å². The van der Waals surface area contributed by atoms with Gasteiger partial charge in [-0.05, 0) is 6.92 Å². The molecule has 0 aromatic heterocycles. The predicted molar refractivity (Wildman–Crippen MR) is 36.9 cm³/mol. The van der Waals surface area contributed by atoms with Crippen LogP contribution in [0.4, 0.5) is 4.53 Å². The van der Waals surface area contributed by atoms with Gasteiger partial charge in [0.1, 0.15) is 0 Å². The highest BCUT2D eigenvalue weighted by Gasteiger charge is 2.27. The highest BCUT2D eigenvalue weighted by Crippen LogP contribution is 2.22. The molecule has 12 heavy (non-hydrogen) atoms. The molecule has 0 spiro atoms. The zero-order valence-corrected chi connectivity index (χ0v) is 6.54. The average Bonchev–Trinajstić information content (AvgIpc) is 2.82. The molecular formula is C7H9FO4. The van der Waals surface area contributed by atoms with Crippen LogP contribution in [0.25, 0.3) is 0 Å². The molecule has 0 saturated carbocycles. The average molecular weight is 176 g/mol. The van der Waals surface area contributed by atoms with Gasteiger partial charge in [0.2, 0.25) is 0 Å². The molecule has 1 fully saturated rings. The minimum Gasteiger partial charge on any atom is -0.478 e. The number of ether oxygens (including phenoxy) is 1. The van der Waals surface area contributed by atoms with E-state index in [0.29, 0.717) is 6.61 Å². The number of carboxylic acid groups (broad SMARTS) is 1. The second-order valence-electron chi connectivity index (χ2n) is 2.59. The predicted octanol–water partition coefficient (Wildman–Crippen LogP) is 1.03. The summed E-state index contributed by atoms with van der Waals surface area (Å²) in [6, 6.07) is 0. The zero-order chi connectivity index (χ0) is 9.14. The van der Waals surface area contributed by atoms with Gasteiger partial charge in [0, 0.05) is 10.9 Å². The molecule has 0 bridgehead atoms. The summed E-state index contributed by atoms with van der Waals surface area (Å²) >= 11 is 0. The molecule has 4 nitrogen and oxygen atoms in total. The van der Waals surface area contributed by atoms with Crippen LogP contribution in [-0.2, 0) is 14.5 Å². The van der Waals surface area contributed by atoms with E-state index in [1.54, 1.807) is 0 Å². The lowest BCUT2D eigenvalue weighted by atomic mass is 10.2. The molecule has 0 aromatic carbocycles. The Morgan fingerprint density at radius 3 is 2.75 bits per heavy atom. The first kappa shape index (κ1) is 8.99. The van der Waals surface area contributed by atoms with Crippen molar-refractivity contribution in [1.82, 2.24) is 0 Å². The Labute approximate surface area is 68.5 Å². The summed E-state index contributed by atoms with van der Waals surface area (Å²) < 4.78 is 16.6. The molecule has 1 N–H and O–H groups in total. The molecule has 0 amide bonds. The summed E-state index contributed by atoms with van der Waals surface area (Å²) in [5.41, 5.74) is -0.118. The molecule has 1 aliphatic heterocycles. The maximum Gasteiger partial charge on any atom is 0.334 e. The van der Waals surface area contributed by atoms with Crippen molar-refractivity contribution in [2.75, 3.05) is 6.61 Å². The first-order valence-electron chi connectivity index (χ1n) is 3.48. The van der Waals surface area contributed by atoms with E-state index in [1.807, 2.05) is 0 Å². The highest BCUT2D eigenvalue weighted by molar-refractivity contribution is 5.86. The van der Waals surface area contributed by atoms with E-state index in [-0.39, 0.29) is 23.9 Å². The highest BCUT2D eigenvalue weighted by atomic mass is 19.3. The Morgan fingerprint density at radius 2 is 2.42 bits per heavy atom. The molecule has 1 saturated heterocycles. The monoisotopic (exact) mass is 176 g/mol. The summed E-state index contributed by atoms with van der Waals surface area (Å²) in [4.78, 5) is 13.8. The Bertz CT molecular complexity index is 219. The van der Waals surface area contributed by atoms with Crippen molar-refractivity contribution in [3.8, 4) is 0 Å². The fourth-order valence-corrected chi connectivity index (χ4v) is 0.754. The molecule has 5 heteroatoms. The standard InChI is InChI=1S/C7H9FO4/c1-4(7(9)10)6(12-8)2-5-3-11-5/h5H,2-3H2,1H3,(H,9,10). The third kappa shape index (κ3) is 2.20. The van der Waals surface area contributed by atoms with Gasteiger partial charge in [0.25, 0.3) is 0 Å². The molecule has 1 heterocycles. The number of rotatable bonds is 4. The fraction of sp³-hybridized carbons (Fsp3) is 0.571. The molecule has 1 unspecified atom stereocenters. The Balaban J connectivity index is 2.61. The third-order valence-electron chi connectivity index (χ3n) is 1.65. The molecule has 0 aliphatic carbocycles. The smallest absolute Gasteiger partial charge is 0.334 e. The number of hydrogen-bond acceptors (Lipinski definition) is 3. The zero-order valence-electron chi connectivity index (χ0n) is 6.54. The lowest BCUT2D eigenvalue weighted by Gasteiger charge is -2.00. The fourth-order valence-electron chi connectivity index (χ4n) is 0.754. The molecule has 0 radical (unpaired) electrons. The minimum absolute atomic E-state index is 0.0787. The normalized spacial score (nSPS) is 23.0. The van der Waals surface area contributed by atoms with E-state index in [4.69, 9.17) is 9.84 Å². The van der Waals surface area contributed by atoms with Crippen molar-refractivity contribution in [1.29, 1.82) is 0 Å². The third-order valence-corrected chi connectivity index (χ3v) is 1.65. The molecule has 1 aliphatic rings. The number of carboxylic acids is 1. The van der Waals surface area contributed by atoms with Crippen molar-refractivity contribution in [3.63, 3.8) is 0 Å². The van der Waals surface area contributed by atoms with Crippen LogP contribution in [0.2, 0.25) is 0 Å². The van der Waals surface area contributed by atoms with Gasteiger partial charge in [-0.3, -0.25) is 4.94 Å². The van der Waals surface area contributed by atoms with Gasteiger partial charge in [-0.2, -0.15) is 0 Å². The second kappa shape index (κ2) is 3.53. The summed E-state index contributed by atoms with van der Waals surface area (Å²) in [5, 5.41) is 8.47. The number of carbonyl (C=O) groups is 1. The maximum atomic E-state index is 11.8. The van der Waals surface area contributed by atoms with Crippen LogP contribution < -0.4 is 0 Å². The van der Waals surface area contributed by atoms with Gasteiger partial charge in [-0.25, -0.2) is 4.79 Å².